The van der Waals surface area contributed by atoms with Gasteiger partial charge in [0, 0.05) is 31.3 Å². The number of methoxy groups -OCH3 is 2. The molecule has 5 rings (SSSR count). The molecule has 2 atom stereocenters. The molecule has 1 fully saturated rings. The lowest BCUT2D eigenvalue weighted by atomic mass is 9.89. The first-order valence-electron chi connectivity index (χ1n) is 13.2. The van der Waals surface area contributed by atoms with E-state index < -0.39 is 12.6 Å². The topological polar surface area (TPSA) is 139 Å². The Morgan fingerprint density at radius 3 is 2.67 bits per heavy atom. The maximum atomic E-state index is 13.3. The van der Waals surface area contributed by atoms with Crippen LogP contribution in [0.25, 0.3) is 11.2 Å². The van der Waals surface area contributed by atoms with Crippen molar-refractivity contribution in [3.8, 4) is 17.2 Å². The first kappa shape index (κ1) is 30.0. The highest BCUT2D eigenvalue weighted by Gasteiger charge is 2.34. The smallest absolute Gasteiger partial charge is 0.387 e. The largest absolute Gasteiger partial charge is 0.497 e. The number of nitrogens with zero attached hydrogens (tertiary/aromatic N) is 5. The Labute approximate surface area is 250 Å². The molecule has 0 saturated heterocycles. The molecule has 1 aromatic carbocycles. The summed E-state index contributed by atoms with van der Waals surface area (Å²) in [7, 11) is 5.07. The van der Waals surface area contributed by atoms with Gasteiger partial charge >= 0.3 is 12.6 Å². The summed E-state index contributed by atoms with van der Waals surface area (Å²) in [5.74, 6) is 1.14. The highest BCUT2D eigenvalue weighted by Crippen LogP contribution is 2.32. The number of hydrogen-bond acceptors (Lipinski definition) is 10. The minimum absolute atomic E-state index is 0.0265. The molecule has 15 heteroatoms. The Balaban J connectivity index is 1.25. The van der Waals surface area contributed by atoms with Crippen LogP contribution >= 0.6 is 11.6 Å². The molecule has 43 heavy (non-hydrogen) atoms. The van der Waals surface area contributed by atoms with Gasteiger partial charge in [-0.05, 0) is 31.0 Å². The quantitative estimate of drug-likeness (QED) is 0.229. The number of nitrogen functional groups attached to an aromatic ring is 1. The second-order valence-corrected chi connectivity index (χ2v) is 10.2. The van der Waals surface area contributed by atoms with E-state index in [1.54, 1.807) is 20.3 Å². The summed E-state index contributed by atoms with van der Waals surface area (Å²) in [6, 6.07) is 7.98. The van der Waals surface area contributed by atoms with Gasteiger partial charge in [0.15, 0.2) is 11.4 Å². The highest BCUT2D eigenvalue weighted by molar-refractivity contribution is 6.30. The van der Waals surface area contributed by atoms with Crippen molar-refractivity contribution < 1.29 is 32.5 Å². The summed E-state index contributed by atoms with van der Waals surface area (Å²) in [6.07, 6.45) is 3.66. The average Bonchev–Trinajstić information content (AvgIpc) is 3.40. The zero-order chi connectivity index (χ0) is 30.7. The molecule has 1 saturated carbocycles. The number of nitrogens with one attached hydrogen (secondary N) is 1. The third-order valence-corrected chi connectivity index (χ3v) is 7.31. The fraction of sp³-hybridized carbons (Fsp3) is 0.357. The number of rotatable bonds is 11. The van der Waals surface area contributed by atoms with Crippen molar-refractivity contribution in [2.24, 2.45) is 0 Å². The van der Waals surface area contributed by atoms with Crippen molar-refractivity contribution in [3.63, 3.8) is 0 Å². The van der Waals surface area contributed by atoms with Crippen molar-refractivity contribution >= 4 is 40.2 Å². The molecule has 3 heterocycles. The molecule has 1 amide bonds. The molecule has 0 unspecified atom stereocenters. The van der Waals surface area contributed by atoms with Crippen LogP contribution in [-0.2, 0) is 17.9 Å². The summed E-state index contributed by atoms with van der Waals surface area (Å²) < 4.78 is 47.3. The lowest BCUT2D eigenvalue weighted by molar-refractivity contribution is -0.0497. The second kappa shape index (κ2) is 12.8. The Hall–Kier alpha value is -4.43. The first-order valence-corrected chi connectivity index (χ1v) is 13.6. The number of imidazole rings is 1. The number of halogens is 3. The van der Waals surface area contributed by atoms with Crippen LogP contribution in [0.15, 0.2) is 42.9 Å². The van der Waals surface area contributed by atoms with Crippen LogP contribution in [0.2, 0.25) is 5.15 Å². The lowest BCUT2D eigenvalue weighted by Gasteiger charge is -2.36. The molecule has 12 nitrogen and oxygen atoms in total. The minimum Gasteiger partial charge on any atom is -0.497 e. The number of benzene rings is 1. The molecule has 1 aliphatic carbocycles. The maximum absolute atomic E-state index is 13.3. The predicted octanol–water partition coefficient (Wildman–Crippen LogP) is 4.62. The van der Waals surface area contributed by atoms with E-state index in [1.165, 1.54) is 17.0 Å². The van der Waals surface area contributed by atoms with E-state index in [1.807, 2.05) is 30.1 Å². The van der Waals surface area contributed by atoms with Gasteiger partial charge in [0.2, 0.25) is 0 Å². The van der Waals surface area contributed by atoms with Crippen molar-refractivity contribution in [2.45, 2.75) is 44.8 Å². The normalized spacial score (nSPS) is 16.2. The van der Waals surface area contributed by atoms with Gasteiger partial charge in [-0.15, -0.1) is 0 Å². The van der Waals surface area contributed by atoms with E-state index in [0.29, 0.717) is 53.4 Å². The Morgan fingerprint density at radius 1 is 1.19 bits per heavy atom. The molecule has 4 aromatic rings. The number of alkyl halides is 2. The summed E-state index contributed by atoms with van der Waals surface area (Å²) in [5.41, 5.74) is 8.63. The number of anilines is 2. The van der Waals surface area contributed by atoms with Crippen LogP contribution in [0.1, 0.15) is 24.1 Å². The van der Waals surface area contributed by atoms with Gasteiger partial charge in [0.25, 0.3) is 0 Å². The second-order valence-electron chi connectivity index (χ2n) is 9.86. The number of pyridine rings is 2. The van der Waals surface area contributed by atoms with Gasteiger partial charge < -0.3 is 34.9 Å². The molecule has 0 aliphatic heterocycles. The minimum atomic E-state index is -3.00. The number of carbonyl (C=O) groups is 1. The first-order chi connectivity index (χ1) is 20.7. The number of nitrogens with two attached hydrogens (primary N) is 1. The van der Waals surface area contributed by atoms with Crippen LogP contribution in [-0.4, -0.2) is 65.6 Å². The van der Waals surface area contributed by atoms with Gasteiger partial charge in [-0.2, -0.15) is 8.78 Å². The standard InChI is InChI=1S/C28H30ClF2N7O5/c1-37(12-15-4-5-17(40-2)9-22(15)41-3)20-10-24(29)36-26-25(20)34-14-38(26)28(39)35-19-6-7-21(19)42-13-16-8-18(32)23(11-33-16)43-27(30)31/h4-5,8-11,14,19,21,27H,6-7,12-13H2,1-3H3,(H2,32,33)(H,35,39)/t19-,21-/m1/s1. The molecule has 3 N–H and O–H groups in total. The lowest BCUT2D eigenvalue weighted by Crippen LogP contribution is -2.52. The number of fused-ring (bicyclic) bond motifs is 1. The molecular formula is C28H30ClF2N7O5. The van der Waals surface area contributed by atoms with Crippen LogP contribution in [0, 0.1) is 0 Å². The number of amides is 1. The average molecular weight is 618 g/mol. The van der Waals surface area contributed by atoms with Crippen LogP contribution < -0.4 is 30.2 Å². The molecule has 1 aliphatic rings. The van der Waals surface area contributed by atoms with Gasteiger partial charge in [-0.1, -0.05) is 11.6 Å². The van der Waals surface area contributed by atoms with Crippen molar-refractivity contribution in [3.05, 3.63) is 59.3 Å². The van der Waals surface area contributed by atoms with Crippen molar-refractivity contribution in [1.29, 1.82) is 0 Å². The van der Waals surface area contributed by atoms with Gasteiger partial charge in [-0.25, -0.2) is 19.3 Å². The maximum Gasteiger partial charge on any atom is 0.387 e. The summed E-state index contributed by atoms with van der Waals surface area (Å²) in [6.45, 7) is -2.46. The van der Waals surface area contributed by atoms with Crippen molar-refractivity contribution in [1.82, 2.24) is 24.8 Å². The summed E-state index contributed by atoms with van der Waals surface area (Å²) in [4.78, 5) is 28.1. The molecular weight excluding hydrogens is 588 g/mol. The zero-order valence-corrected chi connectivity index (χ0v) is 24.3. The van der Waals surface area contributed by atoms with Gasteiger partial charge in [0.1, 0.15) is 28.5 Å². The summed E-state index contributed by atoms with van der Waals surface area (Å²) >= 11 is 6.38. The van der Waals surface area contributed by atoms with E-state index >= 15 is 0 Å². The van der Waals surface area contributed by atoms with Crippen LogP contribution in [0.3, 0.4) is 0 Å². The molecule has 228 valence electrons. The van der Waals surface area contributed by atoms with Crippen molar-refractivity contribution in [2.75, 3.05) is 31.9 Å². The van der Waals surface area contributed by atoms with E-state index in [2.05, 4.69) is 25.0 Å². The monoisotopic (exact) mass is 617 g/mol. The Kier molecular flexibility index (Phi) is 8.97. The van der Waals surface area contributed by atoms with E-state index in [0.717, 1.165) is 11.8 Å². The third-order valence-electron chi connectivity index (χ3n) is 7.12. The van der Waals surface area contributed by atoms with Gasteiger partial charge in [-0.3, -0.25) is 4.98 Å². The zero-order valence-electron chi connectivity index (χ0n) is 23.6. The Morgan fingerprint density at radius 2 is 2.00 bits per heavy atom. The van der Waals surface area contributed by atoms with Crippen LogP contribution in [0.4, 0.5) is 25.0 Å². The molecule has 0 spiro atoms. The van der Waals surface area contributed by atoms with E-state index in [9.17, 15) is 13.6 Å². The third kappa shape index (κ3) is 6.65. The van der Waals surface area contributed by atoms with Gasteiger partial charge in [0.05, 0.1) is 56.2 Å². The number of ether oxygens (including phenoxy) is 4. The highest BCUT2D eigenvalue weighted by atomic mass is 35.5. The summed E-state index contributed by atoms with van der Waals surface area (Å²) in [5, 5.41) is 3.16. The number of carbonyl (C=O) groups excluding carboxylic acids is 1. The van der Waals surface area contributed by atoms with E-state index in [-0.39, 0.29) is 35.3 Å². The fourth-order valence-electron chi connectivity index (χ4n) is 4.74. The SMILES string of the molecule is COc1ccc(CN(C)c2cc(Cl)nc3c2ncn3C(=O)N[C@@H]2CC[C@H]2OCc2cc(N)c(OC(F)F)cn2)c(OC)c1. The number of aromatic nitrogens is 4. The molecule has 0 radical (unpaired) electrons. The molecule has 3 aromatic heterocycles. The Bertz CT molecular complexity index is 1620. The van der Waals surface area contributed by atoms with Crippen LogP contribution in [0.5, 0.6) is 17.2 Å². The number of hydrogen-bond donors (Lipinski definition) is 2. The predicted molar refractivity (Wildman–Crippen MR) is 155 cm³/mol. The molecule has 0 bridgehead atoms. The fourth-order valence-corrected chi connectivity index (χ4v) is 4.92. The van der Waals surface area contributed by atoms with E-state index in [4.69, 9.17) is 31.5 Å².